The number of carbonyl (C=O) groups is 1. The molecule has 0 bridgehead atoms. The third-order valence-corrected chi connectivity index (χ3v) is 10.1. The summed E-state index contributed by atoms with van der Waals surface area (Å²) in [6.07, 6.45) is 4.83. The number of benzene rings is 2. The average molecular weight is 647 g/mol. The van der Waals surface area contributed by atoms with E-state index in [9.17, 15) is 13.2 Å². The second-order valence-corrected chi connectivity index (χ2v) is 13.3. The third-order valence-electron chi connectivity index (χ3n) is 7.27. The fourth-order valence-electron chi connectivity index (χ4n) is 5.17. The average Bonchev–Trinajstić information content (AvgIpc) is 3.68. The number of nitrogens with zero attached hydrogens (tertiary/aromatic N) is 6. The maximum Gasteiger partial charge on any atom is 0.245 e. The lowest BCUT2D eigenvalue weighted by atomic mass is 10.1. The summed E-state index contributed by atoms with van der Waals surface area (Å²) >= 11 is 13.2. The molecule has 1 saturated heterocycles. The van der Waals surface area contributed by atoms with Crippen molar-refractivity contribution >= 4 is 50.0 Å². The van der Waals surface area contributed by atoms with E-state index in [-0.39, 0.29) is 34.0 Å². The van der Waals surface area contributed by atoms with Crippen LogP contribution in [-0.2, 0) is 21.4 Å². The normalized spacial score (nSPS) is 15.8. The summed E-state index contributed by atoms with van der Waals surface area (Å²) in [5, 5.41) is 8.13. The van der Waals surface area contributed by atoms with Crippen LogP contribution >= 0.6 is 23.2 Å². The van der Waals surface area contributed by atoms with Gasteiger partial charge in [0.1, 0.15) is 41.5 Å². The Balaban J connectivity index is 1.39. The highest BCUT2D eigenvalue weighted by Gasteiger charge is 2.40. The number of halogens is 2. The SMILES string of the molecule is Cc1cc(-n2cncn2)c2cccc(OCc3c(Cl)ccc(S(=O)(=O)N4CCCC4C(=O)NCCCN(C)C)c3Cl)c2n1. The van der Waals surface area contributed by atoms with Crippen molar-refractivity contribution in [3.05, 3.63) is 70.4 Å². The molecule has 11 nitrogen and oxygen atoms in total. The van der Waals surface area contributed by atoms with Gasteiger partial charge in [-0.25, -0.2) is 23.1 Å². The number of pyridine rings is 1. The Kier molecular flexibility index (Phi) is 9.52. The summed E-state index contributed by atoms with van der Waals surface area (Å²) in [5.74, 6) is 0.158. The summed E-state index contributed by atoms with van der Waals surface area (Å²) in [5.41, 5.74) is 2.45. The Morgan fingerprint density at radius 1 is 1.21 bits per heavy atom. The minimum Gasteiger partial charge on any atom is -0.487 e. The number of ether oxygens (including phenoxy) is 1. The van der Waals surface area contributed by atoms with Crippen LogP contribution < -0.4 is 10.1 Å². The van der Waals surface area contributed by atoms with Gasteiger partial charge in [-0.05, 0) is 71.1 Å². The van der Waals surface area contributed by atoms with Gasteiger partial charge >= 0.3 is 0 Å². The van der Waals surface area contributed by atoms with Crippen molar-refractivity contribution in [2.75, 3.05) is 33.7 Å². The molecule has 1 unspecified atom stereocenters. The van der Waals surface area contributed by atoms with Crippen LogP contribution in [0.4, 0.5) is 0 Å². The number of hydrogen-bond donors (Lipinski definition) is 1. The third kappa shape index (κ3) is 6.63. The van der Waals surface area contributed by atoms with Crippen LogP contribution in [-0.4, -0.2) is 83.0 Å². The van der Waals surface area contributed by atoms with Gasteiger partial charge in [0.05, 0.1) is 10.7 Å². The summed E-state index contributed by atoms with van der Waals surface area (Å²) in [6.45, 7) is 3.26. The fraction of sp³-hybridized carbons (Fsp3) is 0.379. The van der Waals surface area contributed by atoms with Gasteiger partial charge in [-0.2, -0.15) is 9.40 Å². The van der Waals surface area contributed by atoms with Gasteiger partial charge in [0, 0.05) is 34.8 Å². The molecule has 43 heavy (non-hydrogen) atoms. The van der Waals surface area contributed by atoms with Crippen LogP contribution in [0.2, 0.25) is 10.0 Å². The molecule has 1 amide bonds. The first-order valence-electron chi connectivity index (χ1n) is 13.9. The number of rotatable bonds is 11. The molecule has 1 aliphatic heterocycles. The van der Waals surface area contributed by atoms with Crippen molar-refractivity contribution in [1.82, 2.24) is 34.3 Å². The lowest BCUT2D eigenvalue weighted by Crippen LogP contribution is -2.46. The first-order chi connectivity index (χ1) is 20.6. The Labute approximate surface area is 260 Å². The largest absolute Gasteiger partial charge is 0.487 e. The first-order valence-corrected chi connectivity index (χ1v) is 16.1. The molecule has 1 atom stereocenters. The van der Waals surface area contributed by atoms with Crippen LogP contribution in [0.3, 0.4) is 0 Å². The zero-order chi connectivity index (χ0) is 30.7. The van der Waals surface area contributed by atoms with Crippen LogP contribution in [0.5, 0.6) is 5.75 Å². The number of hydrogen-bond acceptors (Lipinski definition) is 8. The van der Waals surface area contributed by atoms with Crippen molar-refractivity contribution in [3.63, 3.8) is 0 Å². The van der Waals surface area contributed by atoms with Gasteiger partial charge in [0.2, 0.25) is 15.9 Å². The fourth-order valence-corrected chi connectivity index (χ4v) is 7.69. The van der Waals surface area contributed by atoms with Gasteiger partial charge in [-0.1, -0.05) is 35.3 Å². The summed E-state index contributed by atoms with van der Waals surface area (Å²) < 4.78 is 36.7. The van der Waals surface area contributed by atoms with Gasteiger partial charge in [-0.3, -0.25) is 4.79 Å². The predicted octanol–water partition coefficient (Wildman–Crippen LogP) is 4.23. The van der Waals surface area contributed by atoms with Gasteiger partial charge in [-0.15, -0.1) is 0 Å². The van der Waals surface area contributed by atoms with E-state index in [1.165, 1.54) is 22.8 Å². The Hall–Kier alpha value is -3.29. The quantitative estimate of drug-likeness (QED) is 0.241. The molecule has 14 heteroatoms. The minimum absolute atomic E-state index is 0.0442. The summed E-state index contributed by atoms with van der Waals surface area (Å²) in [4.78, 5) is 23.6. The molecule has 2 aromatic carbocycles. The summed E-state index contributed by atoms with van der Waals surface area (Å²) in [6, 6.07) is 9.47. The maximum atomic E-state index is 13.8. The number of aryl methyl sites for hydroxylation is 1. The molecule has 0 aliphatic carbocycles. The number of sulfonamides is 1. The maximum absolute atomic E-state index is 13.8. The number of amides is 1. The van der Waals surface area contributed by atoms with E-state index in [0.717, 1.165) is 29.7 Å². The molecule has 0 saturated carbocycles. The van der Waals surface area contributed by atoms with Crippen LogP contribution in [0.25, 0.3) is 16.6 Å². The molecule has 1 N–H and O–H groups in total. The van der Waals surface area contributed by atoms with Gasteiger partial charge < -0.3 is 15.0 Å². The van der Waals surface area contributed by atoms with E-state index in [1.807, 2.05) is 44.1 Å². The Bertz CT molecular complexity index is 1730. The zero-order valence-electron chi connectivity index (χ0n) is 24.1. The Morgan fingerprint density at radius 3 is 2.77 bits per heavy atom. The summed E-state index contributed by atoms with van der Waals surface area (Å²) in [7, 11) is -0.197. The molecule has 4 aromatic rings. The number of nitrogens with one attached hydrogen (secondary N) is 1. The van der Waals surface area contributed by atoms with E-state index in [2.05, 4.69) is 20.4 Å². The second kappa shape index (κ2) is 13.1. The molecule has 3 heterocycles. The van der Waals surface area contributed by atoms with Crippen molar-refractivity contribution in [3.8, 4) is 11.4 Å². The molecular weight excluding hydrogens is 613 g/mol. The van der Waals surface area contributed by atoms with E-state index in [4.69, 9.17) is 27.9 Å². The van der Waals surface area contributed by atoms with Crippen LogP contribution in [0.1, 0.15) is 30.5 Å². The van der Waals surface area contributed by atoms with Crippen LogP contribution in [0, 0.1) is 6.92 Å². The molecule has 0 spiro atoms. The molecule has 0 radical (unpaired) electrons. The number of aromatic nitrogens is 4. The topological polar surface area (TPSA) is 123 Å². The molecule has 5 rings (SSSR count). The minimum atomic E-state index is -4.11. The zero-order valence-corrected chi connectivity index (χ0v) is 26.5. The second-order valence-electron chi connectivity index (χ2n) is 10.6. The van der Waals surface area contributed by atoms with E-state index < -0.39 is 16.1 Å². The van der Waals surface area contributed by atoms with E-state index >= 15 is 0 Å². The van der Waals surface area contributed by atoms with Crippen molar-refractivity contribution in [1.29, 1.82) is 0 Å². The smallest absolute Gasteiger partial charge is 0.245 e. The van der Waals surface area contributed by atoms with E-state index in [1.54, 1.807) is 17.1 Å². The molecule has 2 aromatic heterocycles. The highest BCUT2D eigenvalue weighted by atomic mass is 35.5. The standard InChI is InChI=1S/C29H33Cl2N7O4S/c1-19-15-24(37-18-32-17-34-37)20-7-4-9-25(28(20)35-19)42-16-21-22(30)10-11-26(27(21)31)43(40,41)38-14-5-8-23(38)29(39)33-12-6-13-36(2)3/h4,7,9-11,15,17-18,23H,5-6,8,12-14,16H2,1-3H3,(H,33,39). The number of para-hydroxylation sites is 1. The number of carbonyl (C=O) groups excluding carboxylic acids is 1. The van der Waals surface area contributed by atoms with Crippen molar-refractivity contribution in [2.24, 2.45) is 0 Å². The van der Waals surface area contributed by atoms with Gasteiger partial charge in [0.15, 0.2) is 0 Å². The van der Waals surface area contributed by atoms with E-state index in [0.29, 0.717) is 36.2 Å². The lowest BCUT2D eigenvalue weighted by molar-refractivity contribution is -0.124. The van der Waals surface area contributed by atoms with Crippen molar-refractivity contribution in [2.45, 2.75) is 43.7 Å². The highest BCUT2D eigenvalue weighted by Crippen LogP contribution is 2.37. The molecule has 1 fully saturated rings. The Morgan fingerprint density at radius 2 is 2.02 bits per heavy atom. The first kappa shape index (κ1) is 31.1. The van der Waals surface area contributed by atoms with Crippen LogP contribution in [0.15, 0.2) is 53.9 Å². The molecular formula is C29H33Cl2N7O4S. The van der Waals surface area contributed by atoms with Gasteiger partial charge in [0.25, 0.3) is 0 Å². The highest BCUT2D eigenvalue weighted by molar-refractivity contribution is 7.89. The van der Waals surface area contributed by atoms with Crippen molar-refractivity contribution < 1.29 is 17.9 Å². The molecule has 1 aliphatic rings. The monoisotopic (exact) mass is 645 g/mol. The predicted molar refractivity (Wildman–Crippen MR) is 165 cm³/mol. The molecule has 228 valence electrons. The number of fused-ring (bicyclic) bond motifs is 1. The lowest BCUT2D eigenvalue weighted by Gasteiger charge is -2.24.